The summed E-state index contributed by atoms with van der Waals surface area (Å²) in [5.74, 6) is 0.903. The molecule has 2 heterocycles. The maximum atomic E-state index is 11.7. The average Bonchev–Trinajstić information content (AvgIpc) is 2.85. The van der Waals surface area contributed by atoms with Gasteiger partial charge in [-0.1, -0.05) is 18.3 Å². The van der Waals surface area contributed by atoms with Gasteiger partial charge in [-0.2, -0.15) is 0 Å². The summed E-state index contributed by atoms with van der Waals surface area (Å²) < 4.78 is 0. The summed E-state index contributed by atoms with van der Waals surface area (Å²) in [6.45, 7) is 2.79. The lowest BCUT2D eigenvalue weighted by Gasteiger charge is -2.10. The molecular formula is C10H14ClN3OS. The van der Waals surface area contributed by atoms with Crippen LogP contribution in [0.1, 0.15) is 24.8 Å². The van der Waals surface area contributed by atoms with Gasteiger partial charge in [0.05, 0.1) is 0 Å². The third kappa shape index (κ3) is 2.35. The summed E-state index contributed by atoms with van der Waals surface area (Å²) in [4.78, 5) is 13.4. The number of carbonyl (C=O) groups excluding carboxylic acids is 1. The Bertz CT molecular complexity index is 382. The second-order valence-electron chi connectivity index (χ2n) is 3.96. The largest absolute Gasteiger partial charge is 0.286 e. The summed E-state index contributed by atoms with van der Waals surface area (Å²) in [6, 6.07) is 0. The van der Waals surface area contributed by atoms with Crippen molar-refractivity contribution < 1.29 is 4.79 Å². The SMILES string of the molecule is CCCc1nnc(N2CC(CCl)CC2=O)s1. The van der Waals surface area contributed by atoms with E-state index >= 15 is 0 Å². The minimum atomic E-state index is 0.116. The van der Waals surface area contributed by atoms with E-state index in [0.717, 1.165) is 23.0 Å². The molecule has 0 aromatic carbocycles. The Kier molecular flexibility index (Phi) is 3.76. The van der Waals surface area contributed by atoms with Gasteiger partial charge in [-0.3, -0.25) is 9.69 Å². The zero-order chi connectivity index (χ0) is 11.5. The summed E-state index contributed by atoms with van der Waals surface area (Å²) in [7, 11) is 0. The van der Waals surface area contributed by atoms with Crippen LogP contribution in [-0.4, -0.2) is 28.5 Å². The molecule has 6 heteroatoms. The van der Waals surface area contributed by atoms with Crippen LogP contribution in [0, 0.1) is 5.92 Å². The first-order chi connectivity index (χ1) is 7.74. The first-order valence-electron chi connectivity index (χ1n) is 5.43. The molecule has 0 saturated carbocycles. The first-order valence-corrected chi connectivity index (χ1v) is 6.78. The molecule has 4 nitrogen and oxygen atoms in total. The topological polar surface area (TPSA) is 46.1 Å². The maximum Gasteiger partial charge on any atom is 0.229 e. The van der Waals surface area contributed by atoms with E-state index in [-0.39, 0.29) is 11.8 Å². The van der Waals surface area contributed by atoms with Gasteiger partial charge in [0.2, 0.25) is 11.0 Å². The molecule has 16 heavy (non-hydrogen) atoms. The van der Waals surface area contributed by atoms with Crippen LogP contribution in [0.15, 0.2) is 0 Å². The van der Waals surface area contributed by atoms with Crippen molar-refractivity contribution in [2.45, 2.75) is 26.2 Å². The van der Waals surface area contributed by atoms with Gasteiger partial charge in [-0.15, -0.1) is 21.8 Å². The number of anilines is 1. The molecule has 2 rings (SSSR count). The lowest BCUT2D eigenvalue weighted by atomic mass is 10.2. The van der Waals surface area contributed by atoms with Gasteiger partial charge >= 0.3 is 0 Å². The van der Waals surface area contributed by atoms with E-state index in [1.54, 1.807) is 4.90 Å². The molecule has 88 valence electrons. The third-order valence-corrected chi connectivity index (χ3v) is 4.02. The van der Waals surface area contributed by atoms with Crippen LogP contribution in [0.2, 0.25) is 0 Å². The number of aryl methyl sites for hydroxylation is 1. The Labute approximate surface area is 104 Å². The number of alkyl halides is 1. The van der Waals surface area contributed by atoms with E-state index in [1.165, 1.54) is 11.3 Å². The zero-order valence-electron chi connectivity index (χ0n) is 9.15. The second kappa shape index (κ2) is 5.10. The summed E-state index contributed by atoms with van der Waals surface area (Å²) in [5, 5.41) is 9.87. The van der Waals surface area contributed by atoms with Crippen LogP contribution in [0.25, 0.3) is 0 Å². The normalized spacial score (nSPS) is 20.8. The van der Waals surface area contributed by atoms with Gasteiger partial charge in [-0.05, 0) is 12.3 Å². The zero-order valence-corrected chi connectivity index (χ0v) is 10.7. The number of nitrogens with zero attached hydrogens (tertiary/aromatic N) is 3. The van der Waals surface area contributed by atoms with Crippen LogP contribution in [-0.2, 0) is 11.2 Å². The molecule has 1 saturated heterocycles. The molecule has 0 aliphatic carbocycles. The Morgan fingerprint density at radius 1 is 1.56 bits per heavy atom. The summed E-state index contributed by atoms with van der Waals surface area (Å²) >= 11 is 7.28. The van der Waals surface area contributed by atoms with Crippen LogP contribution in [0.4, 0.5) is 5.13 Å². The van der Waals surface area contributed by atoms with Gasteiger partial charge in [0, 0.05) is 25.3 Å². The van der Waals surface area contributed by atoms with Crippen molar-refractivity contribution in [2.24, 2.45) is 5.92 Å². The van der Waals surface area contributed by atoms with E-state index in [4.69, 9.17) is 11.6 Å². The van der Waals surface area contributed by atoms with Gasteiger partial charge in [0.25, 0.3) is 0 Å². The minimum Gasteiger partial charge on any atom is -0.286 e. The van der Waals surface area contributed by atoms with Crippen molar-refractivity contribution in [1.82, 2.24) is 10.2 Å². The van der Waals surface area contributed by atoms with Crippen molar-refractivity contribution in [2.75, 3.05) is 17.3 Å². The molecule has 1 aromatic rings. The van der Waals surface area contributed by atoms with Gasteiger partial charge in [0.1, 0.15) is 5.01 Å². The molecule has 1 fully saturated rings. The molecular weight excluding hydrogens is 246 g/mol. The third-order valence-electron chi connectivity index (χ3n) is 2.57. The van der Waals surface area contributed by atoms with E-state index in [0.29, 0.717) is 18.8 Å². The second-order valence-corrected chi connectivity index (χ2v) is 5.31. The van der Waals surface area contributed by atoms with Crippen molar-refractivity contribution in [1.29, 1.82) is 0 Å². The summed E-state index contributed by atoms with van der Waals surface area (Å²) in [5.41, 5.74) is 0. The number of amides is 1. The van der Waals surface area contributed by atoms with E-state index < -0.39 is 0 Å². The fourth-order valence-electron chi connectivity index (χ4n) is 1.74. The van der Waals surface area contributed by atoms with Crippen LogP contribution >= 0.6 is 22.9 Å². The molecule has 0 radical (unpaired) electrons. The highest BCUT2D eigenvalue weighted by atomic mass is 35.5. The van der Waals surface area contributed by atoms with Crippen molar-refractivity contribution in [3.63, 3.8) is 0 Å². The van der Waals surface area contributed by atoms with Crippen LogP contribution in [0.3, 0.4) is 0 Å². The molecule has 1 aliphatic rings. The number of halogens is 1. The molecule has 0 bridgehead atoms. The highest BCUT2D eigenvalue weighted by Crippen LogP contribution is 2.28. The predicted octanol–water partition coefficient (Wildman–Crippen LogP) is 2.08. The number of hydrogen-bond acceptors (Lipinski definition) is 4. The standard InChI is InChI=1S/C10H14ClN3OS/c1-2-3-8-12-13-10(16-8)14-6-7(5-11)4-9(14)15/h7H,2-6H2,1H3. The number of rotatable bonds is 4. The lowest BCUT2D eigenvalue weighted by molar-refractivity contribution is -0.117. The molecule has 1 atom stereocenters. The Morgan fingerprint density at radius 2 is 2.38 bits per heavy atom. The predicted molar refractivity (Wildman–Crippen MR) is 65.1 cm³/mol. The highest BCUT2D eigenvalue weighted by Gasteiger charge is 2.31. The highest BCUT2D eigenvalue weighted by molar-refractivity contribution is 7.15. The summed E-state index contributed by atoms with van der Waals surface area (Å²) in [6.07, 6.45) is 2.51. The van der Waals surface area contributed by atoms with Gasteiger partial charge in [0.15, 0.2) is 0 Å². The minimum absolute atomic E-state index is 0.116. The van der Waals surface area contributed by atoms with Crippen LogP contribution < -0.4 is 4.90 Å². The number of carbonyl (C=O) groups is 1. The van der Waals surface area contributed by atoms with E-state index in [9.17, 15) is 4.79 Å². The molecule has 1 amide bonds. The Balaban J connectivity index is 2.09. The monoisotopic (exact) mass is 259 g/mol. The molecule has 1 unspecified atom stereocenters. The van der Waals surface area contributed by atoms with Crippen molar-refractivity contribution >= 4 is 34.0 Å². The molecule has 0 spiro atoms. The first kappa shape index (κ1) is 11.8. The van der Waals surface area contributed by atoms with Crippen molar-refractivity contribution in [3.05, 3.63) is 5.01 Å². The van der Waals surface area contributed by atoms with Crippen molar-refractivity contribution in [3.8, 4) is 0 Å². The number of hydrogen-bond donors (Lipinski definition) is 0. The molecule has 1 aliphatic heterocycles. The average molecular weight is 260 g/mol. The van der Waals surface area contributed by atoms with Crippen LogP contribution in [0.5, 0.6) is 0 Å². The fraction of sp³-hybridized carbons (Fsp3) is 0.700. The van der Waals surface area contributed by atoms with E-state index in [1.807, 2.05) is 0 Å². The van der Waals surface area contributed by atoms with Gasteiger partial charge in [-0.25, -0.2) is 0 Å². The fourth-order valence-corrected chi connectivity index (χ4v) is 2.91. The van der Waals surface area contributed by atoms with Gasteiger partial charge < -0.3 is 0 Å². The molecule has 1 aromatic heterocycles. The maximum absolute atomic E-state index is 11.7. The smallest absolute Gasteiger partial charge is 0.229 e. The molecule has 0 N–H and O–H groups in total. The lowest BCUT2D eigenvalue weighted by Crippen LogP contribution is -2.24. The quantitative estimate of drug-likeness (QED) is 0.778. The Hall–Kier alpha value is -0.680. The number of aromatic nitrogens is 2. The Morgan fingerprint density at radius 3 is 3.00 bits per heavy atom. The van der Waals surface area contributed by atoms with E-state index in [2.05, 4.69) is 17.1 Å².